The highest BCUT2D eigenvalue weighted by Gasteiger charge is 2.50. The normalized spacial score (nSPS) is 26.6. The Morgan fingerprint density at radius 2 is 1.93 bits per heavy atom. The van der Waals surface area contributed by atoms with Crippen LogP contribution in [0.25, 0.3) is 11.0 Å². The van der Waals surface area contributed by atoms with E-state index in [0.29, 0.717) is 47.3 Å². The van der Waals surface area contributed by atoms with Crippen LogP contribution in [0.3, 0.4) is 0 Å². The van der Waals surface area contributed by atoms with Crippen molar-refractivity contribution in [3.05, 3.63) is 46.2 Å². The molecule has 2 saturated heterocycles. The molecule has 3 fully saturated rings. The first-order valence-electron chi connectivity index (χ1n) is 14.1. The lowest BCUT2D eigenvalue weighted by molar-refractivity contribution is -0.158. The van der Waals surface area contributed by atoms with Gasteiger partial charge in [0.1, 0.15) is 0 Å². The minimum Gasteiger partial charge on any atom is -0.481 e. The lowest BCUT2D eigenvalue weighted by Crippen LogP contribution is -2.58. The minimum absolute atomic E-state index is 0.130. The smallest absolute Gasteiger partial charge is 0.435 e. The Bertz CT molecular complexity index is 1480. The van der Waals surface area contributed by atoms with Crippen molar-refractivity contribution in [3.63, 3.8) is 0 Å². The maximum Gasteiger partial charge on any atom is 0.435 e. The number of piperidine rings is 1. The number of alkyl halides is 3. The van der Waals surface area contributed by atoms with E-state index in [2.05, 4.69) is 20.0 Å². The molecule has 1 saturated carbocycles. The summed E-state index contributed by atoms with van der Waals surface area (Å²) in [6, 6.07) is 5.22. The first-order chi connectivity index (χ1) is 19.3. The Morgan fingerprint density at radius 3 is 2.59 bits per heavy atom. The molecule has 0 bridgehead atoms. The molecule has 8 nitrogen and oxygen atoms in total. The van der Waals surface area contributed by atoms with Crippen molar-refractivity contribution >= 4 is 34.6 Å². The second kappa shape index (κ2) is 10.1. The van der Waals surface area contributed by atoms with E-state index in [0.717, 1.165) is 44.6 Å². The molecule has 3 aromatic rings. The molecule has 6 rings (SSSR count). The highest BCUT2D eigenvalue weighted by atomic mass is 35.5. The van der Waals surface area contributed by atoms with Crippen LogP contribution in [0.5, 0.6) is 0 Å². The predicted octanol–water partition coefficient (Wildman–Crippen LogP) is 5.82. The first-order valence-corrected chi connectivity index (χ1v) is 14.5. The zero-order valence-electron chi connectivity index (χ0n) is 23.3. The summed E-state index contributed by atoms with van der Waals surface area (Å²) in [6.07, 6.45) is 0.178. The van der Waals surface area contributed by atoms with E-state index in [1.807, 2.05) is 30.9 Å². The minimum atomic E-state index is -4.65. The van der Waals surface area contributed by atoms with E-state index in [1.54, 1.807) is 13.0 Å². The average molecular weight is 591 g/mol. The van der Waals surface area contributed by atoms with Gasteiger partial charge in [-0.05, 0) is 82.0 Å². The molecule has 4 heterocycles. The van der Waals surface area contributed by atoms with E-state index in [-0.39, 0.29) is 11.0 Å². The number of carbonyl (C=O) groups is 1. The summed E-state index contributed by atoms with van der Waals surface area (Å²) < 4.78 is 43.1. The second-order valence-corrected chi connectivity index (χ2v) is 12.8. The molecule has 0 amide bonds. The van der Waals surface area contributed by atoms with Crippen molar-refractivity contribution in [2.45, 2.75) is 64.7 Å². The molecule has 0 radical (unpaired) electrons. The Balaban J connectivity index is 1.19. The van der Waals surface area contributed by atoms with Gasteiger partial charge >= 0.3 is 12.1 Å². The van der Waals surface area contributed by atoms with Gasteiger partial charge in [-0.3, -0.25) is 4.79 Å². The number of anilines is 1. The Morgan fingerprint density at radius 1 is 1.20 bits per heavy atom. The van der Waals surface area contributed by atoms with Gasteiger partial charge in [-0.25, -0.2) is 9.67 Å². The van der Waals surface area contributed by atoms with Gasteiger partial charge in [0.05, 0.1) is 16.8 Å². The molecule has 2 unspecified atom stereocenters. The molecule has 3 aliphatic rings. The van der Waals surface area contributed by atoms with E-state index in [1.165, 1.54) is 10.9 Å². The molecule has 220 valence electrons. The Kier molecular flexibility index (Phi) is 6.96. The number of aromatic nitrogens is 4. The van der Waals surface area contributed by atoms with Crippen molar-refractivity contribution < 1.29 is 23.1 Å². The van der Waals surface area contributed by atoms with Crippen molar-refractivity contribution in [3.8, 4) is 0 Å². The standard InChI is InChI=1S/C29H34ClF3N6O2/c1-16-6-7-21(23(30)9-16)17(2)39-25-22(24(36-39)29(31,32)33)12-34-27(35-25)38-14-19(15-38)18-5-4-8-37(13-18)20-10-28(3,11-20)26(40)41/h6-7,9,12,17-20H,4-5,8,10-11,13-15H2,1-3H3,(H,40,41). The monoisotopic (exact) mass is 590 g/mol. The number of likely N-dealkylation sites (tertiary alicyclic amines) is 1. The summed E-state index contributed by atoms with van der Waals surface area (Å²) in [7, 11) is 0. The van der Waals surface area contributed by atoms with Gasteiger partial charge in [0, 0.05) is 36.9 Å². The summed E-state index contributed by atoms with van der Waals surface area (Å²) >= 11 is 6.46. The van der Waals surface area contributed by atoms with Gasteiger partial charge in [0.2, 0.25) is 5.95 Å². The van der Waals surface area contributed by atoms with Crippen LogP contribution in [0, 0.1) is 24.2 Å². The van der Waals surface area contributed by atoms with Crippen LogP contribution >= 0.6 is 11.6 Å². The number of carboxylic acids is 1. The van der Waals surface area contributed by atoms with Gasteiger partial charge in [-0.2, -0.15) is 23.3 Å². The van der Waals surface area contributed by atoms with Crippen LogP contribution < -0.4 is 4.90 Å². The molecule has 41 heavy (non-hydrogen) atoms. The lowest BCUT2D eigenvalue weighted by atomic mass is 9.65. The third-order valence-electron chi connectivity index (χ3n) is 9.43. The molecular weight excluding hydrogens is 557 g/mol. The summed E-state index contributed by atoms with van der Waals surface area (Å²) in [6.45, 7) is 8.92. The van der Waals surface area contributed by atoms with E-state index in [4.69, 9.17) is 11.6 Å². The van der Waals surface area contributed by atoms with Crippen molar-refractivity contribution in [1.82, 2.24) is 24.6 Å². The third-order valence-corrected chi connectivity index (χ3v) is 9.76. The van der Waals surface area contributed by atoms with Gasteiger partial charge in [0.25, 0.3) is 0 Å². The number of rotatable bonds is 6. The van der Waals surface area contributed by atoms with Crippen LogP contribution in [0.2, 0.25) is 5.02 Å². The highest BCUT2D eigenvalue weighted by molar-refractivity contribution is 6.31. The van der Waals surface area contributed by atoms with E-state index in [9.17, 15) is 23.1 Å². The highest BCUT2D eigenvalue weighted by Crippen LogP contribution is 2.45. The Labute approximate surface area is 241 Å². The number of aryl methyl sites for hydroxylation is 1. The number of fused-ring (bicyclic) bond motifs is 1. The lowest BCUT2D eigenvalue weighted by Gasteiger charge is -2.52. The molecule has 1 N–H and O–H groups in total. The van der Waals surface area contributed by atoms with Gasteiger partial charge in [0.15, 0.2) is 11.3 Å². The van der Waals surface area contributed by atoms with E-state index < -0.39 is 29.3 Å². The molecule has 2 aromatic heterocycles. The predicted molar refractivity (Wildman–Crippen MR) is 149 cm³/mol. The average Bonchev–Trinajstić information content (AvgIpc) is 3.25. The van der Waals surface area contributed by atoms with Crippen molar-refractivity contribution in [2.75, 3.05) is 31.1 Å². The molecule has 1 aromatic carbocycles. The first kappa shape index (κ1) is 28.2. The third kappa shape index (κ3) is 5.05. The topological polar surface area (TPSA) is 87.4 Å². The fourth-order valence-corrected chi connectivity index (χ4v) is 7.19. The molecule has 2 aliphatic heterocycles. The molecular formula is C29H34ClF3N6O2. The summed E-state index contributed by atoms with van der Waals surface area (Å²) in [5.41, 5.74) is 0.133. The van der Waals surface area contributed by atoms with Crippen molar-refractivity contribution in [2.24, 2.45) is 17.3 Å². The maximum absolute atomic E-state index is 13.9. The zero-order chi connectivity index (χ0) is 29.3. The number of halogens is 4. The number of aliphatic carboxylic acids is 1. The molecule has 2 atom stereocenters. The number of benzene rings is 1. The zero-order valence-corrected chi connectivity index (χ0v) is 24.1. The van der Waals surface area contributed by atoms with Crippen LogP contribution in [-0.4, -0.2) is 67.9 Å². The van der Waals surface area contributed by atoms with Gasteiger partial charge in [-0.1, -0.05) is 23.7 Å². The van der Waals surface area contributed by atoms with Gasteiger partial charge in [-0.15, -0.1) is 0 Å². The Hall–Kier alpha value is -2.92. The number of hydrogen-bond donors (Lipinski definition) is 1. The van der Waals surface area contributed by atoms with Crippen LogP contribution in [0.1, 0.15) is 62.4 Å². The molecule has 0 spiro atoms. The largest absolute Gasteiger partial charge is 0.481 e. The number of nitrogens with zero attached hydrogens (tertiary/aromatic N) is 6. The van der Waals surface area contributed by atoms with Crippen LogP contribution in [0.15, 0.2) is 24.4 Å². The number of hydrogen-bond acceptors (Lipinski definition) is 6. The van der Waals surface area contributed by atoms with Crippen molar-refractivity contribution in [1.29, 1.82) is 0 Å². The second-order valence-electron chi connectivity index (χ2n) is 12.4. The quantitative estimate of drug-likeness (QED) is 0.387. The van der Waals surface area contributed by atoms with Crippen LogP contribution in [-0.2, 0) is 11.0 Å². The summed E-state index contributed by atoms with van der Waals surface area (Å²) in [5, 5.41) is 13.8. The van der Waals surface area contributed by atoms with Gasteiger partial charge < -0.3 is 14.9 Å². The van der Waals surface area contributed by atoms with Crippen LogP contribution in [0.4, 0.5) is 19.1 Å². The maximum atomic E-state index is 13.9. The molecule has 1 aliphatic carbocycles. The summed E-state index contributed by atoms with van der Waals surface area (Å²) in [4.78, 5) is 24.9. The SMILES string of the molecule is Cc1ccc(C(C)n2nc(C(F)(F)F)c3cnc(N4CC(C5CCCN(C6CC(C)(C(=O)O)C6)C5)C4)nc32)c(Cl)c1. The number of carboxylic acid groups (broad SMARTS) is 1. The fraction of sp³-hybridized carbons (Fsp3) is 0.586. The van der Waals surface area contributed by atoms with E-state index >= 15 is 0 Å². The summed E-state index contributed by atoms with van der Waals surface area (Å²) in [5.74, 6) is 0.610. The fourth-order valence-electron chi connectivity index (χ4n) is 6.79. The molecule has 12 heteroatoms.